The van der Waals surface area contributed by atoms with Gasteiger partial charge in [0, 0.05) is 29.6 Å². The van der Waals surface area contributed by atoms with Crippen molar-refractivity contribution >= 4 is 10.9 Å². The zero-order chi connectivity index (χ0) is 12.5. The Morgan fingerprint density at radius 3 is 3.11 bits per heavy atom. The van der Waals surface area contributed by atoms with E-state index in [1.54, 1.807) is 6.07 Å². The highest BCUT2D eigenvalue weighted by Crippen LogP contribution is 2.24. The zero-order valence-corrected chi connectivity index (χ0v) is 10.1. The van der Waals surface area contributed by atoms with Crippen LogP contribution in [0.4, 0.5) is 4.39 Å². The van der Waals surface area contributed by atoms with Gasteiger partial charge in [0.25, 0.3) is 0 Å². The van der Waals surface area contributed by atoms with Crippen molar-refractivity contribution in [2.75, 3.05) is 13.1 Å². The van der Waals surface area contributed by atoms with Gasteiger partial charge in [-0.2, -0.15) is 0 Å². The lowest BCUT2D eigenvalue weighted by Crippen LogP contribution is -2.40. The van der Waals surface area contributed by atoms with Crippen molar-refractivity contribution in [3.8, 4) is 0 Å². The van der Waals surface area contributed by atoms with Crippen LogP contribution in [0.25, 0.3) is 10.9 Å². The van der Waals surface area contributed by atoms with Gasteiger partial charge in [-0.1, -0.05) is 0 Å². The maximum Gasteiger partial charge on any atom is 0.125 e. The summed E-state index contributed by atoms with van der Waals surface area (Å²) in [5, 5.41) is 14.3. The van der Waals surface area contributed by atoms with Gasteiger partial charge in [0.2, 0.25) is 0 Å². The molecule has 0 amide bonds. The smallest absolute Gasteiger partial charge is 0.125 e. The van der Waals surface area contributed by atoms with Gasteiger partial charge in [-0.25, -0.2) is 4.39 Å². The van der Waals surface area contributed by atoms with Crippen LogP contribution in [0.1, 0.15) is 12.0 Å². The average Bonchev–Trinajstić information content (AvgIpc) is 2.74. The number of aromatic nitrogens is 1. The molecular weight excluding hydrogens is 231 g/mol. The highest BCUT2D eigenvalue weighted by Gasteiger charge is 2.23. The summed E-state index contributed by atoms with van der Waals surface area (Å²) in [6, 6.07) is 4.79. The predicted octanol–water partition coefficient (Wildman–Crippen LogP) is 1.82. The fourth-order valence-electron chi connectivity index (χ4n) is 2.73. The van der Waals surface area contributed by atoms with Crippen molar-refractivity contribution in [1.82, 2.24) is 10.3 Å². The summed E-state index contributed by atoms with van der Waals surface area (Å²) in [7, 11) is 0. The van der Waals surface area contributed by atoms with E-state index in [0.29, 0.717) is 0 Å². The molecule has 2 atom stereocenters. The number of benzene rings is 1. The number of rotatable bonds is 2. The first-order valence-corrected chi connectivity index (χ1v) is 6.38. The van der Waals surface area contributed by atoms with Gasteiger partial charge in [-0.15, -0.1) is 0 Å². The van der Waals surface area contributed by atoms with Gasteiger partial charge in [-0.3, -0.25) is 0 Å². The van der Waals surface area contributed by atoms with Crippen LogP contribution in [0.15, 0.2) is 24.4 Å². The van der Waals surface area contributed by atoms with Crippen molar-refractivity contribution in [2.45, 2.75) is 18.9 Å². The molecule has 1 fully saturated rings. The molecule has 1 aromatic heterocycles. The third-order valence-electron chi connectivity index (χ3n) is 3.78. The van der Waals surface area contributed by atoms with Gasteiger partial charge in [0.05, 0.1) is 6.10 Å². The van der Waals surface area contributed by atoms with Crippen LogP contribution in [-0.4, -0.2) is 29.3 Å². The summed E-state index contributed by atoms with van der Waals surface area (Å²) in [4.78, 5) is 3.09. The second-order valence-corrected chi connectivity index (χ2v) is 5.03. The Bertz CT molecular complexity index is 552. The predicted molar refractivity (Wildman–Crippen MR) is 68.9 cm³/mol. The van der Waals surface area contributed by atoms with Crippen molar-refractivity contribution in [3.05, 3.63) is 35.8 Å². The van der Waals surface area contributed by atoms with Crippen LogP contribution in [0.2, 0.25) is 0 Å². The first-order chi connectivity index (χ1) is 8.74. The molecule has 0 bridgehead atoms. The SMILES string of the molecule is OC1CCNCC1Cc1c[nH]c2cc(F)ccc12. The molecule has 4 heteroatoms. The maximum absolute atomic E-state index is 13.1. The summed E-state index contributed by atoms with van der Waals surface area (Å²) in [6.07, 6.45) is 3.31. The third kappa shape index (κ3) is 2.13. The number of nitrogens with one attached hydrogen (secondary N) is 2. The van der Waals surface area contributed by atoms with Crippen LogP contribution in [-0.2, 0) is 6.42 Å². The zero-order valence-electron chi connectivity index (χ0n) is 10.1. The van der Waals surface area contributed by atoms with Crippen molar-refractivity contribution in [1.29, 1.82) is 0 Å². The van der Waals surface area contributed by atoms with Gasteiger partial charge in [0.15, 0.2) is 0 Å². The molecule has 0 spiro atoms. The molecular formula is C14H17FN2O. The minimum atomic E-state index is -0.239. The Balaban J connectivity index is 1.86. The minimum Gasteiger partial charge on any atom is -0.393 e. The van der Waals surface area contributed by atoms with E-state index in [0.717, 1.165) is 42.4 Å². The van der Waals surface area contributed by atoms with Gasteiger partial charge in [-0.05, 0) is 43.1 Å². The number of fused-ring (bicyclic) bond motifs is 1. The number of H-pyrrole nitrogens is 1. The molecule has 1 saturated heterocycles. The van der Waals surface area contributed by atoms with Crippen LogP contribution >= 0.6 is 0 Å². The van der Waals surface area contributed by atoms with Crippen LogP contribution in [0, 0.1) is 11.7 Å². The Morgan fingerprint density at radius 2 is 2.28 bits per heavy atom. The molecule has 2 unspecified atom stereocenters. The Kier molecular flexibility index (Phi) is 3.06. The molecule has 2 aromatic rings. The van der Waals surface area contributed by atoms with E-state index in [2.05, 4.69) is 10.3 Å². The van der Waals surface area contributed by atoms with Crippen LogP contribution < -0.4 is 5.32 Å². The van der Waals surface area contributed by atoms with E-state index < -0.39 is 0 Å². The molecule has 3 nitrogen and oxygen atoms in total. The summed E-state index contributed by atoms with van der Waals surface area (Å²) in [6.45, 7) is 1.73. The van der Waals surface area contributed by atoms with E-state index in [1.165, 1.54) is 12.1 Å². The monoisotopic (exact) mass is 248 g/mol. The molecule has 3 rings (SSSR count). The van der Waals surface area contributed by atoms with Gasteiger partial charge < -0.3 is 15.4 Å². The molecule has 18 heavy (non-hydrogen) atoms. The normalized spacial score (nSPS) is 24.6. The van der Waals surface area contributed by atoms with Crippen molar-refractivity contribution in [3.63, 3.8) is 0 Å². The molecule has 0 aliphatic carbocycles. The van der Waals surface area contributed by atoms with Gasteiger partial charge in [0.1, 0.15) is 5.82 Å². The first kappa shape index (κ1) is 11.7. The minimum absolute atomic E-state index is 0.227. The topological polar surface area (TPSA) is 48.0 Å². The quantitative estimate of drug-likeness (QED) is 0.759. The largest absolute Gasteiger partial charge is 0.393 e. The number of hydrogen-bond acceptors (Lipinski definition) is 2. The summed E-state index contributed by atoms with van der Waals surface area (Å²) in [5.41, 5.74) is 1.97. The van der Waals surface area contributed by atoms with Crippen molar-refractivity contribution < 1.29 is 9.50 Å². The fraction of sp³-hybridized carbons (Fsp3) is 0.429. The lowest BCUT2D eigenvalue weighted by Gasteiger charge is -2.28. The lowest BCUT2D eigenvalue weighted by atomic mass is 9.89. The number of aliphatic hydroxyl groups is 1. The van der Waals surface area contributed by atoms with Crippen molar-refractivity contribution in [2.24, 2.45) is 5.92 Å². The Morgan fingerprint density at radius 1 is 1.39 bits per heavy atom. The number of piperidine rings is 1. The number of halogens is 1. The third-order valence-corrected chi connectivity index (χ3v) is 3.78. The molecule has 1 aliphatic heterocycles. The average molecular weight is 248 g/mol. The highest BCUT2D eigenvalue weighted by molar-refractivity contribution is 5.83. The molecule has 1 aromatic carbocycles. The molecule has 0 saturated carbocycles. The number of aromatic amines is 1. The standard InChI is InChI=1S/C14H17FN2O/c15-11-1-2-12-9(8-17-13(12)6-11)5-10-7-16-4-3-14(10)18/h1-2,6,8,10,14,16-18H,3-5,7H2. The summed E-state index contributed by atoms with van der Waals surface area (Å²) >= 11 is 0. The fourth-order valence-corrected chi connectivity index (χ4v) is 2.73. The second kappa shape index (κ2) is 4.71. The van der Waals surface area contributed by atoms with E-state index >= 15 is 0 Å². The summed E-state index contributed by atoms with van der Waals surface area (Å²) < 4.78 is 13.1. The molecule has 3 N–H and O–H groups in total. The highest BCUT2D eigenvalue weighted by atomic mass is 19.1. The maximum atomic E-state index is 13.1. The van der Waals surface area contributed by atoms with Crippen LogP contribution in [0.3, 0.4) is 0 Å². The molecule has 1 aliphatic rings. The molecule has 0 radical (unpaired) electrons. The Hall–Kier alpha value is -1.39. The number of aliphatic hydroxyl groups excluding tert-OH is 1. The first-order valence-electron chi connectivity index (χ1n) is 6.38. The van der Waals surface area contributed by atoms with Crippen LogP contribution in [0.5, 0.6) is 0 Å². The summed E-state index contributed by atoms with van der Waals surface area (Å²) in [5.74, 6) is 0.0121. The Labute approximate surface area is 105 Å². The van der Waals surface area contributed by atoms with Gasteiger partial charge >= 0.3 is 0 Å². The molecule has 2 heterocycles. The second-order valence-electron chi connectivity index (χ2n) is 5.03. The molecule has 96 valence electrons. The van der Waals surface area contributed by atoms with E-state index in [-0.39, 0.29) is 17.8 Å². The van der Waals surface area contributed by atoms with E-state index in [1.807, 2.05) is 6.20 Å². The van der Waals surface area contributed by atoms with E-state index in [4.69, 9.17) is 0 Å². The lowest BCUT2D eigenvalue weighted by molar-refractivity contribution is 0.0793. The number of hydrogen-bond donors (Lipinski definition) is 3. The van der Waals surface area contributed by atoms with E-state index in [9.17, 15) is 9.50 Å².